The van der Waals surface area contributed by atoms with Crippen LogP contribution in [0.5, 0.6) is 0 Å². The zero-order valence-electron chi connectivity index (χ0n) is 11.0. The highest BCUT2D eigenvalue weighted by molar-refractivity contribution is 6.29. The maximum absolute atomic E-state index is 12.1. The molecule has 5 nitrogen and oxygen atoms in total. The number of carbonyl (C=O) groups is 2. The van der Waals surface area contributed by atoms with Gasteiger partial charge in [0.1, 0.15) is 10.8 Å². The summed E-state index contributed by atoms with van der Waals surface area (Å²) < 4.78 is 0. The molecular weight excluding hydrogens is 292 g/mol. The van der Waals surface area contributed by atoms with Gasteiger partial charge in [0, 0.05) is 0 Å². The van der Waals surface area contributed by atoms with E-state index in [1.807, 2.05) is 6.07 Å². The number of aromatic nitrogens is 1. The number of nitrogens with zero attached hydrogens (tertiary/aromatic N) is 1. The number of carbonyl (C=O) groups excluding carboxylic acids is 1. The predicted molar refractivity (Wildman–Crippen MR) is 78.1 cm³/mol. The van der Waals surface area contributed by atoms with Crippen LogP contribution in [-0.4, -0.2) is 22.0 Å². The molecule has 1 heterocycles. The van der Waals surface area contributed by atoms with Crippen molar-refractivity contribution in [1.29, 1.82) is 0 Å². The van der Waals surface area contributed by atoms with Crippen molar-refractivity contribution in [2.24, 2.45) is 0 Å². The lowest BCUT2D eigenvalue weighted by molar-refractivity contribution is -0.137. The first-order valence-corrected chi connectivity index (χ1v) is 6.64. The molecule has 0 fully saturated rings. The van der Waals surface area contributed by atoms with Crippen LogP contribution >= 0.6 is 11.6 Å². The number of rotatable bonds is 5. The van der Waals surface area contributed by atoms with Crippen molar-refractivity contribution >= 4 is 23.5 Å². The maximum atomic E-state index is 12.1. The number of nitrogens with one attached hydrogen (secondary N) is 1. The van der Waals surface area contributed by atoms with Crippen LogP contribution in [0, 0.1) is 0 Å². The molecule has 1 unspecified atom stereocenters. The van der Waals surface area contributed by atoms with Crippen molar-refractivity contribution in [3.8, 4) is 0 Å². The van der Waals surface area contributed by atoms with Crippen LogP contribution in [0.2, 0.25) is 5.15 Å². The number of carboxylic acid groups (broad SMARTS) is 1. The Morgan fingerprint density at radius 3 is 2.48 bits per heavy atom. The van der Waals surface area contributed by atoms with Crippen LogP contribution in [-0.2, 0) is 4.79 Å². The minimum absolute atomic E-state index is 0.147. The fraction of sp³-hybridized carbons (Fsp3) is 0.133. The van der Waals surface area contributed by atoms with Gasteiger partial charge in [-0.15, -0.1) is 0 Å². The van der Waals surface area contributed by atoms with Crippen molar-refractivity contribution in [1.82, 2.24) is 10.3 Å². The molecule has 0 saturated heterocycles. The quantitative estimate of drug-likeness (QED) is 0.832. The van der Waals surface area contributed by atoms with E-state index in [9.17, 15) is 9.59 Å². The average molecular weight is 305 g/mol. The third-order valence-corrected chi connectivity index (χ3v) is 3.04. The topological polar surface area (TPSA) is 79.3 Å². The molecule has 0 spiro atoms. The molecule has 0 bridgehead atoms. The Hall–Kier alpha value is -2.40. The summed E-state index contributed by atoms with van der Waals surface area (Å²) in [6, 6.07) is 13.0. The van der Waals surface area contributed by atoms with Crippen molar-refractivity contribution in [2.45, 2.75) is 12.5 Å². The summed E-state index contributed by atoms with van der Waals surface area (Å²) in [6.07, 6.45) is -0.212. The molecule has 0 radical (unpaired) electrons. The van der Waals surface area contributed by atoms with Crippen LogP contribution in [0.25, 0.3) is 0 Å². The van der Waals surface area contributed by atoms with E-state index in [0.717, 1.165) is 5.56 Å². The fourth-order valence-corrected chi connectivity index (χ4v) is 2.04. The summed E-state index contributed by atoms with van der Waals surface area (Å²) in [5.74, 6) is -1.46. The highest BCUT2D eigenvalue weighted by atomic mass is 35.5. The molecule has 0 aliphatic heterocycles. The number of benzene rings is 1. The lowest BCUT2D eigenvalue weighted by Crippen LogP contribution is -2.30. The zero-order valence-corrected chi connectivity index (χ0v) is 11.7. The van der Waals surface area contributed by atoms with Gasteiger partial charge in [0.15, 0.2) is 0 Å². The Morgan fingerprint density at radius 1 is 1.14 bits per heavy atom. The van der Waals surface area contributed by atoms with Gasteiger partial charge in [0.25, 0.3) is 5.91 Å². The van der Waals surface area contributed by atoms with E-state index >= 15 is 0 Å². The number of aliphatic carboxylic acids is 1. The Bertz CT molecular complexity index is 646. The summed E-state index contributed by atoms with van der Waals surface area (Å²) in [6.45, 7) is 0. The van der Waals surface area contributed by atoms with E-state index in [1.165, 1.54) is 6.07 Å². The monoisotopic (exact) mass is 304 g/mol. The highest BCUT2D eigenvalue weighted by Gasteiger charge is 2.19. The minimum Gasteiger partial charge on any atom is -0.481 e. The number of carboxylic acids is 1. The number of pyridine rings is 1. The first kappa shape index (κ1) is 15.0. The second-order valence-corrected chi connectivity index (χ2v) is 4.77. The van der Waals surface area contributed by atoms with E-state index in [2.05, 4.69) is 10.3 Å². The van der Waals surface area contributed by atoms with Gasteiger partial charge in [-0.25, -0.2) is 4.98 Å². The number of hydrogen-bond acceptors (Lipinski definition) is 3. The van der Waals surface area contributed by atoms with Crippen molar-refractivity contribution in [3.05, 3.63) is 64.9 Å². The molecule has 6 heteroatoms. The van der Waals surface area contributed by atoms with E-state index in [4.69, 9.17) is 16.7 Å². The maximum Gasteiger partial charge on any atom is 0.305 e. The van der Waals surface area contributed by atoms with Crippen LogP contribution in [0.15, 0.2) is 48.5 Å². The van der Waals surface area contributed by atoms with Crippen LogP contribution in [0.4, 0.5) is 0 Å². The molecule has 0 aliphatic rings. The van der Waals surface area contributed by atoms with Gasteiger partial charge in [-0.2, -0.15) is 0 Å². The van der Waals surface area contributed by atoms with Crippen LogP contribution < -0.4 is 5.32 Å². The zero-order chi connectivity index (χ0) is 15.2. The van der Waals surface area contributed by atoms with Gasteiger partial charge >= 0.3 is 5.97 Å². The Balaban J connectivity index is 2.19. The largest absolute Gasteiger partial charge is 0.481 e. The summed E-state index contributed by atoms with van der Waals surface area (Å²) in [5.41, 5.74) is 0.865. The van der Waals surface area contributed by atoms with E-state index in [-0.39, 0.29) is 17.3 Å². The van der Waals surface area contributed by atoms with Crippen molar-refractivity contribution in [3.63, 3.8) is 0 Å². The minimum atomic E-state index is -0.997. The second-order valence-electron chi connectivity index (χ2n) is 4.38. The molecular formula is C15H13ClN2O3. The molecule has 2 N–H and O–H groups in total. The van der Waals surface area contributed by atoms with Crippen molar-refractivity contribution < 1.29 is 14.7 Å². The Morgan fingerprint density at radius 2 is 1.86 bits per heavy atom. The first-order valence-electron chi connectivity index (χ1n) is 6.26. The highest BCUT2D eigenvalue weighted by Crippen LogP contribution is 2.17. The molecule has 0 saturated carbocycles. The lowest BCUT2D eigenvalue weighted by atomic mass is 10.0. The average Bonchev–Trinajstić information content (AvgIpc) is 2.47. The molecule has 1 aromatic carbocycles. The van der Waals surface area contributed by atoms with Gasteiger partial charge in [0.05, 0.1) is 12.5 Å². The predicted octanol–water partition coefficient (Wildman–Crippen LogP) is 2.68. The summed E-state index contributed by atoms with van der Waals surface area (Å²) in [4.78, 5) is 27.0. The molecule has 108 valence electrons. The molecule has 2 aromatic rings. The second kappa shape index (κ2) is 6.85. The lowest BCUT2D eigenvalue weighted by Gasteiger charge is -2.17. The van der Waals surface area contributed by atoms with Gasteiger partial charge in [0.2, 0.25) is 0 Å². The normalized spacial score (nSPS) is 11.7. The fourth-order valence-electron chi connectivity index (χ4n) is 1.88. The van der Waals surface area contributed by atoms with E-state index in [1.54, 1.807) is 36.4 Å². The number of amides is 1. The Labute approximate surface area is 126 Å². The third-order valence-electron chi connectivity index (χ3n) is 2.83. The summed E-state index contributed by atoms with van der Waals surface area (Å²) in [7, 11) is 0. The number of hydrogen-bond donors (Lipinski definition) is 2. The first-order chi connectivity index (χ1) is 10.1. The van der Waals surface area contributed by atoms with Gasteiger partial charge in [-0.3, -0.25) is 9.59 Å². The van der Waals surface area contributed by atoms with Crippen LogP contribution in [0.3, 0.4) is 0 Å². The summed E-state index contributed by atoms with van der Waals surface area (Å²) in [5, 5.41) is 11.9. The van der Waals surface area contributed by atoms with Gasteiger partial charge in [-0.1, -0.05) is 48.0 Å². The molecule has 1 amide bonds. The molecule has 1 atom stereocenters. The molecule has 21 heavy (non-hydrogen) atoms. The smallest absolute Gasteiger partial charge is 0.305 e. The molecule has 2 rings (SSSR count). The molecule has 1 aromatic heterocycles. The number of halogens is 1. The molecule has 0 aliphatic carbocycles. The van der Waals surface area contributed by atoms with Crippen LogP contribution in [0.1, 0.15) is 28.5 Å². The Kier molecular flexibility index (Phi) is 4.90. The SMILES string of the molecule is O=C(O)CC(NC(=O)c1cccc(Cl)n1)c1ccccc1. The standard InChI is InChI=1S/C15H13ClN2O3/c16-13-8-4-7-11(17-13)15(21)18-12(9-14(19)20)10-5-2-1-3-6-10/h1-8,12H,9H2,(H,18,21)(H,19,20). The van der Waals surface area contributed by atoms with E-state index in [0.29, 0.717) is 0 Å². The third kappa shape index (κ3) is 4.29. The van der Waals surface area contributed by atoms with Crippen molar-refractivity contribution in [2.75, 3.05) is 0 Å². The van der Waals surface area contributed by atoms with Gasteiger partial charge in [-0.05, 0) is 17.7 Å². The van der Waals surface area contributed by atoms with Gasteiger partial charge < -0.3 is 10.4 Å². The summed E-state index contributed by atoms with van der Waals surface area (Å²) >= 11 is 5.74. The van der Waals surface area contributed by atoms with E-state index < -0.39 is 17.9 Å².